The lowest BCUT2D eigenvalue weighted by Gasteiger charge is -2.23. The Bertz CT molecular complexity index is 916. The number of thioether (sulfide) groups is 1. The average molecular weight is 489 g/mol. The zero-order valence-electron chi connectivity index (χ0n) is 19.7. The minimum absolute atomic E-state index is 0.00676. The molecule has 0 saturated carbocycles. The zero-order valence-corrected chi connectivity index (χ0v) is 20.5. The number of anilines is 2. The second-order valence-electron chi connectivity index (χ2n) is 8.16. The van der Waals surface area contributed by atoms with Crippen molar-refractivity contribution in [1.82, 2.24) is 20.2 Å². The molecular weight excluding hydrogens is 456 g/mol. The third kappa shape index (κ3) is 7.47. The molecule has 0 spiro atoms. The summed E-state index contributed by atoms with van der Waals surface area (Å²) >= 11 is 1.45. The molecule has 1 saturated heterocycles. The quantitative estimate of drug-likeness (QED) is 0.296. The predicted molar refractivity (Wildman–Crippen MR) is 129 cm³/mol. The highest BCUT2D eigenvalue weighted by Gasteiger charge is 2.40. The molecule has 2 rings (SSSR count). The van der Waals surface area contributed by atoms with Crippen LogP contribution in [0.4, 0.5) is 11.8 Å². The largest absolute Gasteiger partial charge is 0.394 e. The van der Waals surface area contributed by atoms with E-state index in [4.69, 9.17) is 5.26 Å². The van der Waals surface area contributed by atoms with Crippen molar-refractivity contribution in [1.29, 1.82) is 10.5 Å². The van der Waals surface area contributed by atoms with Crippen molar-refractivity contribution in [2.45, 2.75) is 50.3 Å². The molecule has 2 amide bonds. The number of amides is 2. The second-order valence-corrected chi connectivity index (χ2v) is 9.54. The summed E-state index contributed by atoms with van der Waals surface area (Å²) in [6, 6.07) is 5.41. The minimum Gasteiger partial charge on any atom is -0.394 e. The maximum absolute atomic E-state index is 12.9. The molecule has 1 fully saturated rings. The van der Waals surface area contributed by atoms with Gasteiger partial charge in [-0.25, -0.2) is 4.98 Å². The summed E-state index contributed by atoms with van der Waals surface area (Å²) in [6.07, 6.45) is 2.36. The summed E-state index contributed by atoms with van der Waals surface area (Å²) in [6.45, 7) is 6.67. The second kappa shape index (κ2) is 13.6. The third-order valence-corrected chi connectivity index (χ3v) is 7.03. The Balaban J connectivity index is 1.92. The Morgan fingerprint density at radius 3 is 2.76 bits per heavy atom. The fourth-order valence-electron chi connectivity index (χ4n) is 3.50. The summed E-state index contributed by atoms with van der Waals surface area (Å²) in [5, 5.41) is 35.7. The smallest absolute Gasteiger partial charge is 0.238 e. The fraction of sp³-hybridized carbons (Fsp3) is 0.636. The van der Waals surface area contributed by atoms with Crippen molar-refractivity contribution in [2.75, 3.05) is 36.9 Å². The number of carbonyl (C=O) groups excluding carboxylic acids is 2. The van der Waals surface area contributed by atoms with Crippen LogP contribution < -0.4 is 16.0 Å². The topological polar surface area (TPSA) is 167 Å². The van der Waals surface area contributed by atoms with Gasteiger partial charge >= 0.3 is 0 Å². The first kappa shape index (κ1) is 27.2. The number of aliphatic hydroxyl groups is 1. The number of aromatic nitrogens is 2. The number of nitrogens with zero attached hydrogens (tertiary/aromatic N) is 5. The molecule has 0 aromatic carbocycles. The normalized spacial score (nSPS) is 19.3. The van der Waals surface area contributed by atoms with Crippen LogP contribution in [-0.4, -0.2) is 74.7 Å². The van der Waals surface area contributed by atoms with Gasteiger partial charge in [-0.05, 0) is 25.3 Å². The Hall–Kier alpha value is -3.09. The highest BCUT2D eigenvalue weighted by Crippen LogP contribution is 2.36. The van der Waals surface area contributed by atoms with Crippen molar-refractivity contribution < 1.29 is 14.7 Å². The molecule has 4 N–H and O–H groups in total. The molecule has 184 valence electrons. The van der Waals surface area contributed by atoms with Gasteiger partial charge in [0.2, 0.25) is 17.8 Å². The first-order chi connectivity index (χ1) is 16.3. The van der Waals surface area contributed by atoms with Gasteiger partial charge in [0.25, 0.3) is 0 Å². The minimum atomic E-state index is -0.929. The number of aliphatic hydroxyl groups excluding tert-OH is 1. The van der Waals surface area contributed by atoms with Gasteiger partial charge in [0.15, 0.2) is 0 Å². The highest BCUT2D eigenvalue weighted by atomic mass is 32.2. The van der Waals surface area contributed by atoms with E-state index in [9.17, 15) is 20.0 Å². The van der Waals surface area contributed by atoms with Crippen LogP contribution in [0.1, 0.15) is 33.6 Å². The number of nitrogens with one attached hydrogen (secondary N) is 3. The molecule has 0 radical (unpaired) electrons. The highest BCUT2D eigenvalue weighted by molar-refractivity contribution is 8.01. The van der Waals surface area contributed by atoms with E-state index in [1.165, 1.54) is 11.8 Å². The molecule has 12 heteroatoms. The van der Waals surface area contributed by atoms with E-state index in [1.54, 1.807) is 17.2 Å². The number of carbonyl (C=O) groups is 2. The van der Waals surface area contributed by atoms with Gasteiger partial charge in [-0.1, -0.05) is 13.8 Å². The lowest BCUT2D eigenvalue weighted by Crippen LogP contribution is -2.38. The number of nitriles is 2. The van der Waals surface area contributed by atoms with Crippen LogP contribution in [0.2, 0.25) is 0 Å². The van der Waals surface area contributed by atoms with Crippen molar-refractivity contribution >= 4 is 35.3 Å². The number of hydrogen-bond acceptors (Lipinski definition) is 10. The van der Waals surface area contributed by atoms with Gasteiger partial charge in [-0.15, -0.1) is 11.8 Å². The SMILES string of the molecule is CCN1C(=O)C(CCNc2nccc(N[C@@H](CO)C(C)C)n2)SC1CC(C#N)C(=O)NCC#N. The summed E-state index contributed by atoms with van der Waals surface area (Å²) in [5.74, 6) is -0.192. The van der Waals surface area contributed by atoms with Gasteiger partial charge in [0.1, 0.15) is 18.3 Å². The van der Waals surface area contributed by atoms with E-state index in [0.29, 0.717) is 31.3 Å². The standard InChI is InChI=1S/C22H32N8O3S/c1-4-30-19(11-15(12-24)20(32)25-10-7-23)34-17(21(30)33)5-8-26-22-27-9-6-18(29-22)28-16(13-31)14(2)3/h6,9,14-17,19,31H,4-5,8,10-11,13H2,1-3H3,(H,25,32)(H2,26,27,28,29)/t15?,16-,17?,19?/m0/s1. The molecule has 2 heterocycles. The zero-order chi connectivity index (χ0) is 25.1. The molecule has 3 unspecified atom stereocenters. The van der Waals surface area contributed by atoms with E-state index in [-0.39, 0.29) is 48.1 Å². The van der Waals surface area contributed by atoms with Crippen LogP contribution >= 0.6 is 11.8 Å². The Labute approximate surface area is 204 Å². The summed E-state index contributed by atoms with van der Waals surface area (Å²) < 4.78 is 0. The summed E-state index contributed by atoms with van der Waals surface area (Å²) in [5.41, 5.74) is 0. The van der Waals surface area contributed by atoms with Gasteiger partial charge in [0.05, 0.1) is 35.4 Å². The van der Waals surface area contributed by atoms with Crippen LogP contribution in [-0.2, 0) is 9.59 Å². The van der Waals surface area contributed by atoms with E-state index in [1.807, 2.05) is 32.9 Å². The fourth-order valence-corrected chi connectivity index (χ4v) is 5.09. The molecule has 1 aromatic heterocycles. The predicted octanol–water partition coefficient (Wildman–Crippen LogP) is 1.17. The first-order valence-corrected chi connectivity index (χ1v) is 12.2. The lowest BCUT2D eigenvalue weighted by atomic mass is 10.1. The van der Waals surface area contributed by atoms with E-state index in [2.05, 4.69) is 25.9 Å². The average Bonchev–Trinajstić information content (AvgIpc) is 3.13. The van der Waals surface area contributed by atoms with E-state index in [0.717, 1.165) is 0 Å². The molecule has 4 atom stereocenters. The van der Waals surface area contributed by atoms with Gasteiger partial charge in [-0.3, -0.25) is 9.59 Å². The molecule has 34 heavy (non-hydrogen) atoms. The van der Waals surface area contributed by atoms with Crippen LogP contribution in [0.15, 0.2) is 12.3 Å². The van der Waals surface area contributed by atoms with Crippen LogP contribution in [0.25, 0.3) is 0 Å². The van der Waals surface area contributed by atoms with Crippen molar-refractivity contribution in [3.8, 4) is 12.1 Å². The Kier molecular flexibility index (Phi) is 10.8. The third-order valence-electron chi connectivity index (χ3n) is 5.50. The Morgan fingerprint density at radius 1 is 1.38 bits per heavy atom. The maximum Gasteiger partial charge on any atom is 0.238 e. The van der Waals surface area contributed by atoms with E-state index < -0.39 is 11.8 Å². The lowest BCUT2D eigenvalue weighted by molar-refractivity contribution is -0.131. The van der Waals surface area contributed by atoms with Gasteiger partial charge < -0.3 is 26.0 Å². The number of rotatable bonds is 13. The van der Waals surface area contributed by atoms with Crippen LogP contribution in [0.5, 0.6) is 0 Å². The van der Waals surface area contributed by atoms with Crippen LogP contribution in [0, 0.1) is 34.5 Å². The molecule has 1 aliphatic heterocycles. The van der Waals surface area contributed by atoms with E-state index >= 15 is 0 Å². The summed E-state index contributed by atoms with van der Waals surface area (Å²) in [7, 11) is 0. The van der Waals surface area contributed by atoms with Gasteiger partial charge in [0, 0.05) is 25.7 Å². The molecule has 11 nitrogen and oxygen atoms in total. The molecular formula is C22H32N8O3S. The van der Waals surface area contributed by atoms with Crippen molar-refractivity contribution in [3.05, 3.63) is 12.3 Å². The molecule has 1 aromatic rings. The molecule has 0 aliphatic carbocycles. The number of hydrogen-bond donors (Lipinski definition) is 4. The monoisotopic (exact) mass is 488 g/mol. The Morgan fingerprint density at radius 2 is 2.15 bits per heavy atom. The van der Waals surface area contributed by atoms with Crippen LogP contribution in [0.3, 0.4) is 0 Å². The molecule has 0 bridgehead atoms. The van der Waals surface area contributed by atoms with Crippen molar-refractivity contribution in [2.24, 2.45) is 11.8 Å². The first-order valence-electron chi connectivity index (χ1n) is 11.3. The van der Waals surface area contributed by atoms with Crippen molar-refractivity contribution in [3.63, 3.8) is 0 Å². The van der Waals surface area contributed by atoms with Gasteiger partial charge in [-0.2, -0.15) is 15.5 Å². The molecule has 1 aliphatic rings. The maximum atomic E-state index is 12.9. The summed E-state index contributed by atoms with van der Waals surface area (Å²) in [4.78, 5) is 35.3.